The molecule has 0 atom stereocenters. The van der Waals surface area contributed by atoms with Gasteiger partial charge < -0.3 is 10.2 Å². The molecule has 0 radical (unpaired) electrons. The van der Waals surface area contributed by atoms with Crippen LogP contribution in [0.2, 0.25) is 0 Å². The van der Waals surface area contributed by atoms with E-state index in [1.807, 2.05) is 48.5 Å². The molecule has 0 spiro atoms. The van der Waals surface area contributed by atoms with Crippen LogP contribution < -0.4 is 10.2 Å². The first-order chi connectivity index (χ1) is 11.1. The summed E-state index contributed by atoms with van der Waals surface area (Å²) in [5.74, 6) is 0.432. The molecule has 0 saturated carbocycles. The summed E-state index contributed by atoms with van der Waals surface area (Å²) < 4.78 is 0. The van der Waals surface area contributed by atoms with Crippen molar-refractivity contribution in [2.45, 2.75) is 19.8 Å². The van der Waals surface area contributed by atoms with Crippen molar-refractivity contribution in [3.8, 4) is 0 Å². The first kappa shape index (κ1) is 16.8. The lowest BCUT2D eigenvalue weighted by Crippen LogP contribution is -2.35. The van der Waals surface area contributed by atoms with Crippen LogP contribution in [0.1, 0.15) is 25.3 Å². The monoisotopic (exact) mass is 308 g/mol. The molecule has 2 aromatic rings. The van der Waals surface area contributed by atoms with Gasteiger partial charge in [-0.1, -0.05) is 56.3 Å². The van der Waals surface area contributed by atoms with Crippen LogP contribution in [0.3, 0.4) is 0 Å². The van der Waals surface area contributed by atoms with Crippen molar-refractivity contribution in [1.82, 2.24) is 0 Å². The number of carbonyl (C=O) groups is 1. The van der Waals surface area contributed by atoms with Gasteiger partial charge >= 0.3 is 0 Å². The number of carbonyl (C=O) groups excluding carboxylic acids is 1. The predicted molar refractivity (Wildman–Crippen MR) is 98.0 cm³/mol. The first-order valence-corrected chi connectivity index (χ1v) is 7.92. The highest BCUT2D eigenvalue weighted by Gasteiger charge is 2.14. The van der Waals surface area contributed by atoms with E-state index in [9.17, 15) is 4.79 Å². The second-order valence-electron chi connectivity index (χ2n) is 5.72. The Morgan fingerprint density at radius 2 is 1.78 bits per heavy atom. The van der Waals surface area contributed by atoms with Gasteiger partial charge in [0.15, 0.2) is 0 Å². The topological polar surface area (TPSA) is 32.3 Å². The zero-order chi connectivity index (χ0) is 16.7. The Labute approximate surface area is 138 Å². The SMILES string of the molecule is C=CCN(C(=O)CNc1ccccc1C(C)C)c1ccccc1. The molecule has 0 aliphatic rings. The zero-order valence-electron chi connectivity index (χ0n) is 13.8. The molecule has 0 fully saturated rings. The smallest absolute Gasteiger partial charge is 0.246 e. The molecule has 120 valence electrons. The molecule has 0 aromatic heterocycles. The summed E-state index contributed by atoms with van der Waals surface area (Å²) in [6.45, 7) is 8.80. The molecule has 0 bridgehead atoms. The number of hydrogen-bond donors (Lipinski definition) is 1. The van der Waals surface area contributed by atoms with Crippen LogP contribution in [0.5, 0.6) is 0 Å². The average molecular weight is 308 g/mol. The Kier molecular flexibility index (Phi) is 5.98. The molecular weight excluding hydrogens is 284 g/mol. The van der Waals surface area contributed by atoms with Crippen molar-refractivity contribution in [3.63, 3.8) is 0 Å². The highest BCUT2D eigenvalue weighted by Crippen LogP contribution is 2.23. The Bertz CT molecular complexity index is 650. The average Bonchev–Trinajstić information content (AvgIpc) is 2.58. The summed E-state index contributed by atoms with van der Waals surface area (Å²) in [7, 11) is 0. The third-order valence-electron chi connectivity index (χ3n) is 3.69. The fraction of sp³-hybridized carbons (Fsp3) is 0.250. The Hall–Kier alpha value is -2.55. The van der Waals surface area contributed by atoms with Crippen LogP contribution >= 0.6 is 0 Å². The molecule has 3 heteroatoms. The molecule has 2 rings (SSSR count). The summed E-state index contributed by atoms with van der Waals surface area (Å²) in [4.78, 5) is 14.3. The largest absolute Gasteiger partial charge is 0.376 e. The van der Waals surface area contributed by atoms with Gasteiger partial charge in [0, 0.05) is 17.9 Å². The molecule has 23 heavy (non-hydrogen) atoms. The van der Waals surface area contributed by atoms with Gasteiger partial charge in [0.2, 0.25) is 5.91 Å². The van der Waals surface area contributed by atoms with Crippen molar-refractivity contribution in [1.29, 1.82) is 0 Å². The van der Waals surface area contributed by atoms with Crippen LogP contribution in [0.4, 0.5) is 11.4 Å². The van der Waals surface area contributed by atoms with Crippen LogP contribution in [-0.4, -0.2) is 19.0 Å². The molecule has 1 N–H and O–H groups in total. The fourth-order valence-corrected chi connectivity index (χ4v) is 2.52. The maximum absolute atomic E-state index is 12.6. The quantitative estimate of drug-likeness (QED) is 0.767. The highest BCUT2D eigenvalue weighted by atomic mass is 16.2. The van der Waals surface area contributed by atoms with Crippen molar-refractivity contribution in [2.75, 3.05) is 23.3 Å². The normalized spacial score (nSPS) is 10.4. The van der Waals surface area contributed by atoms with E-state index in [4.69, 9.17) is 0 Å². The molecule has 2 aromatic carbocycles. The third-order valence-corrected chi connectivity index (χ3v) is 3.69. The first-order valence-electron chi connectivity index (χ1n) is 7.92. The summed E-state index contributed by atoms with van der Waals surface area (Å²) in [5.41, 5.74) is 3.12. The second-order valence-corrected chi connectivity index (χ2v) is 5.72. The van der Waals surface area contributed by atoms with Gasteiger partial charge in [0.05, 0.1) is 6.54 Å². The number of hydrogen-bond acceptors (Lipinski definition) is 2. The minimum atomic E-state index is 0.0228. The molecule has 0 unspecified atom stereocenters. The van der Waals surface area contributed by atoms with Crippen LogP contribution in [0.15, 0.2) is 67.3 Å². The molecular formula is C20H24N2O. The lowest BCUT2D eigenvalue weighted by molar-refractivity contribution is -0.116. The number of para-hydroxylation sites is 2. The number of rotatable bonds is 7. The van der Waals surface area contributed by atoms with Crippen LogP contribution in [0.25, 0.3) is 0 Å². The Morgan fingerprint density at radius 1 is 1.13 bits per heavy atom. The number of nitrogens with zero attached hydrogens (tertiary/aromatic N) is 1. The number of amides is 1. The minimum Gasteiger partial charge on any atom is -0.376 e. The Balaban J connectivity index is 2.10. The summed E-state index contributed by atoms with van der Waals surface area (Å²) in [6, 6.07) is 17.8. The highest BCUT2D eigenvalue weighted by molar-refractivity contribution is 5.96. The van der Waals surface area contributed by atoms with E-state index in [2.05, 4.69) is 31.8 Å². The van der Waals surface area contributed by atoms with Gasteiger partial charge in [-0.3, -0.25) is 4.79 Å². The van der Waals surface area contributed by atoms with Gasteiger partial charge in [-0.25, -0.2) is 0 Å². The number of benzene rings is 2. The predicted octanol–water partition coefficient (Wildman–Crippen LogP) is 4.44. The summed E-state index contributed by atoms with van der Waals surface area (Å²) >= 11 is 0. The van der Waals surface area contributed by atoms with E-state index < -0.39 is 0 Å². The van der Waals surface area contributed by atoms with Crippen molar-refractivity contribution in [2.24, 2.45) is 0 Å². The number of anilines is 2. The number of nitrogens with one attached hydrogen (secondary N) is 1. The van der Waals surface area contributed by atoms with Gasteiger partial charge in [0.1, 0.15) is 0 Å². The standard InChI is InChI=1S/C20H24N2O/c1-4-14-22(17-10-6-5-7-11-17)20(23)15-21-19-13-9-8-12-18(19)16(2)3/h4-13,16,21H,1,14-15H2,2-3H3. The molecule has 0 aliphatic carbocycles. The van der Waals surface area contributed by atoms with Gasteiger partial charge in [0.25, 0.3) is 0 Å². The Morgan fingerprint density at radius 3 is 2.43 bits per heavy atom. The zero-order valence-corrected chi connectivity index (χ0v) is 13.8. The molecule has 0 heterocycles. The van der Waals surface area contributed by atoms with Crippen LogP contribution in [0, 0.1) is 0 Å². The van der Waals surface area contributed by atoms with Gasteiger partial charge in [-0.05, 0) is 29.7 Å². The summed E-state index contributed by atoms with van der Waals surface area (Å²) in [5, 5.41) is 3.28. The minimum absolute atomic E-state index is 0.0228. The molecule has 0 aliphatic heterocycles. The van der Waals surface area contributed by atoms with Crippen molar-refractivity contribution >= 4 is 17.3 Å². The lowest BCUT2D eigenvalue weighted by Gasteiger charge is -2.22. The fourth-order valence-electron chi connectivity index (χ4n) is 2.52. The maximum atomic E-state index is 12.6. The second kappa shape index (κ2) is 8.18. The van der Waals surface area contributed by atoms with E-state index in [0.29, 0.717) is 12.5 Å². The summed E-state index contributed by atoms with van der Waals surface area (Å²) in [6.07, 6.45) is 1.74. The third kappa shape index (κ3) is 4.46. The lowest BCUT2D eigenvalue weighted by atomic mass is 10.0. The van der Waals surface area contributed by atoms with E-state index in [-0.39, 0.29) is 12.5 Å². The van der Waals surface area contributed by atoms with Crippen molar-refractivity contribution in [3.05, 3.63) is 72.8 Å². The molecule has 1 amide bonds. The molecule has 3 nitrogen and oxygen atoms in total. The van der Waals surface area contributed by atoms with Gasteiger partial charge in [-0.15, -0.1) is 6.58 Å². The van der Waals surface area contributed by atoms with Crippen LogP contribution in [-0.2, 0) is 4.79 Å². The van der Waals surface area contributed by atoms with E-state index >= 15 is 0 Å². The molecule has 0 saturated heterocycles. The van der Waals surface area contributed by atoms with E-state index in [1.54, 1.807) is 11.0 Å². The van der Waals surface area contributed by atoms with E-state index in [0.717, 1.165) is 11.4 Å². The maximum Gasteiger partial charge on any atom is 0.246 e. The van der Waals surface area contributed by atoms with E-state index in [1.165, 1.54) is 5.56 Å². The van der Waals surface area contributed by atoms with Gasteiger partial charge in [-0.2, -0.15) is 0 Å². The van der Waals surface area contributed by atoms with Crippen molar-refractivity contribution < 1.29 is 4.79 Å².